The van der Waals surface area contributed by atoms with E-state index in [-0.39, 0.29) is 5.82 Å². The summed E-state index contributed by atoms with van der Waals surface area (Å²) in [7, 11) is 0. The zero-order valence-electron chi connectivity index (χ0n) is 8.04. The van der Waals surface area contributed by atoms with E-state index in [1.165, 1.54) is 6.07 Å². The Hall–Kier alpha value is -1.48. The van der Waals surface area contributed by atoms with Gasteiger partial charge in [-0.2, -0.15) is 0 Å². The van der Waals surface area contributed by atoms with Crippen molar-refractivity contribution in [1.82, 2.24) is 10.2 Å². The van der Waals surface area contributed by atoms with E-state index in [4.69, 9.17) is 11.6 Å². The van der Waals surface area contributed by atoms with Crippen LogP contribution in [-0.2, 0) is 0 Å². The molecule has 1 aromatic carbocycles. The number of nitrogens with zero attached hydrogens (tertiary/aromatic N) is 2. The number of halogens is 2. The van der Waals surface area contributed by atoms with Gasteiger partial charge >= 0.3 is 0 Å². The first-order valence-electron chi connectivity index (χ1n) is 4.42. The molecule has 76 valence electrons. The molecule has 0 spiro atoms. The largest absolute Gasteiger partial charge is 0.207 e. The van der Waals surface area contributed by atoms with E-state index in [1.807, 2.05) is 0 Å². The van der Waals surface area contributed by atoms with Crippen molar-refractivity contribution in [2.24, 2.45) is 0 Å². The highest BCUT2D eigenvalue weighted by Crippen LogP contribution is 2.19. The maximum Gasteiger partial charge on any atom is 0.151 e. The summed E-state index contributed by atoms with van der Waals surface area (Å²) in [6.45, 7) is 1.71. The molecule has 15 heavy (non-hydrogen) atoms. The summed E-state index contributed by atoms with van der Waals surface area (Å²) in [5.74, 6) is -0.246. The molecular weight excluding hydrogens is 215 g/mol. The molecule has 0 unspecified atom stereocenters. The summed E-state index contributed by atoms with van der Waals surface area (Å²) in [4.78, 5) is 0. The van der Waals surface area contributed by atoms with Crippen LogP contribution in [0.25, 0.3) is 11.3 Å². The van der Waals surface area contributed by atoms with E-state index >= 15 is 0 Å². The van der Waals surface area contributed by atoms with E-state index in [2.05, 4.69) is 10.2 Å². The van der Waals surface area contributed by atoms with Crippen LogP contribution in [-0.4, -0.2) is 10.2 Å². The number of hydrogen-bond acceptors (Lipinski definition) is 2. The predicted molar refractivity (Wildman–Crippen MR) is 57.2 cm³/mol. The van der Waals surface area contributed by atoms with Crippen LogP contribution in [0.3, 0.4) is 0 Å². The SMILES string of the molecule is Cc1ccc(-c2ccc(Cl)nn2)cc1F. The van der Waals surface area contributed by atoms with Gasteiger partial charge in [0.2, 0.25) is 0 Å². The average Bonchev–Trinajstić information content (AvgIpc) is 2.23. The van der Waals surface area contributed by atoms with Crippen molar-refractivity contribution < 1.29 is 4.39 Å². The lowest BCUT2D eigenvalue weighted by Crippen LogP contribution is -1.89. The Morgan fingerprint density at radius 2 is 1.93 bits per heavy atom. The molecule has 1 aromatic heterocycles. The molecule has 0 aliphatic carbocycles. The molecule has 1 heterocycles. The first kappa shape index (κ1) is 10.1. The van der Waals surface area contributed by atoms with Crippen molar-refractivity contribution in [2.45, 2.75) is 6.92 Å². The second-order valence-corrected chi connectivity index (χ2v) is 3.59. The predicted octanol–water partition coefficient (Wildman–Crippen LogP) is 3.24. The Morgan fingerprint density at radius 1 is 1.13 bits per heavy atom. The van der Waals surface area contributed by atoms with Crippen LogP contribution in [0.5, 0.6) is 0 Å². The van der Waals surface area contributed by atoms with Gasteiger partial charge in [0.25, 0.3) is 0 Å². The van der Waals surface area contributed by atoms with Gasteiger partial charge in [0.05, 0.1) is 5.69 Å². The van der Waals surface area contributed by atoms with Crippen molar-refractivity contribution in [2.75, 3.05) is 0 Å². The van der Waals surface area contributed by atoms with Crippen LogP contribution in [0, 0.1) is 12.7 Å². The highest BCUT2D eigenvalue weighted by atomic mass is 35.5. The summed E-state index contributed by atoms with van der Waals surface area (Å²) in [5.41, 5.74) is 1.92. The van der Waals surface area contributed by atoms with Crippen molar-refractivity contribution in [3.8, 4) is 11.3 Å². The third-order valence-electron chi connectivity index (χ3n) is 2.10. The van der Waals surface area contributed by atoms with Crippen LogP contribution in [0.2, 0.25) is 5.15 Å². The number of benzene rings is 1. The van der Waals surface area contributed by atoms with E-state index in [9.17, 15) is 4.39 Å². The standard InChI is InChI=1S/C11H8ClFN2/c1-7-2-3-8(6-9(7)13)10-4-5-11(12)15-14-10/h2-6H,1H3. The Balaban J connectivity index is 2.45. The molecule has 0 aliphatic rings. The fraction of sp³-hybridized carbons (Fsp3) is 0.0909. The topological polar surface area (TPSA) is 25.8 Å². The zero-order valence-corrected chi connectivity index (χ0v) is 8.79. The quantitative estimate of drug-likeness (QED) is 0.740. The lowest BCUT2D eigenvalue weighted by Gasteiger charge is -2.01. The van der Waals surface area contributed by atoms with Gasteiger partial charge in [0.15, 0.2) is 5.15 Å². The van der Waals surface area contributed by atoms with Crippen LogP contribution >= 0.6 is 11.6 Å². The zero-order chi connectivity index (χ0) is 10.8. The minimum atomic E-state index is -0.246. The van der Waals surface area contributed by atoms with Crippen LogP contribution in [0.15, 0.2) is 30.3 Å². The molecule has 4 heteroatoms. The van der Waals surface area contributed by atoms with Gasteiger partial charge in [-0.3, -0.25) is 0 Å². The van der Waals surface area contributed by atoms with Gasteiger partial charge in [-0.1, -0.05) is 23.7 Å². The third-order valence-corrected chi connectivity index (χ3v) is 2.30. The molecule has 2 nitrogen and oxygen atoms in total. The summed E-state index contributed by atoms with van der Waals surface area (Å²) in [6, 6.07) is 8.28. The first-order chi connectivity index (χ1) is 7.16. The summed E-state index contributed by atoms with van der Waals surface area (Å²) in [6.07, 6.45) is 0. The number of aryl methyl sites for hydroxylation is 1. The molecule has 0 saturated heterocycles. The molecule has 0 amide bonds. The number of aromatic nitrogens is 2. The minimum absolute atomic E-state index is 0.246. The Bertz CT molecular complexity index is 482. The first-order valence-corrected chi connectivity index (χ1v) is 4.80. The van der Waals surface area contributed by atoms with Crippen LogP contribution in [0.4, 0.5) is 4.39 Å². The molecule has 0 N–H and O–H groups in total. The monoisotopic (exact) mass is 222 g/mol. The van der Waals surface area contributed by atoms with Crippen molar-refractivity contribution in [3.63, 3.8) is 0 Å². The summed E-state index contributed by atoms with van der Waals surface area (Å²) >= 11 is 5.61. The second-order valence-electron chi connectivity index (χ2n) is 3.21. The molecule has 0 aliphatic heterocycles. The Labute approximate surface area is 91.7 Å². The number of rotatable bonds is 1. The lowest BCUT2D eigenvalue weighted by atomic mass is 10.1. The summed E-state index contributed by atoms with van der Waals surface area (Å²) in [5, 5.41) is 7.90. The smallest absolute Gasteiger partial charge is 0.151 e. The van der Waals surface area contributed by atoms with E-state index in [0.717, 1.165) is 0 Å². The Morgan fingerprint density at radius 3 is 2.53 bits per heavy atom. The van der Waals surface area contributed by atoms with Crippen molar-refractivity contribution in [1.29, 1.82) is 0 Å². The van der Waals surface area contributed by atoms with Crippen LogP contribution in [0.1, 0.15) is 5.56 Å². The fourth-order valence-corrected chi connectivity index (χ4v) is 1.32. The van der Waals surface area contributed by atoms with Gasteiger partial charge in [-0.25, -0.2) is 4.39 Å². The molecule has 0 fully saturated rings. The molecule has 0 bridgehead atoms. The van der Waals surface area contributed by atoms with Crippen LogP contribution < -0.4 is 0 Å². The van der Waals surface area contributed by atoms with E-state index < -0.39 is 0 Å². The third kappa shape index (κ3) is 2.13. The molecule has 0 saturated carbocycles. The molecular formula is C11H8ClFN2. The van der Waals surface area contributed by atoms with Gasteiger partial charge in [-0.05, 0) is 30.7 Å². The average molecular weight is 223 g/mol. The normalized spacial score (nSPS) is 10.3. The molecule has 0 atom stereocenters. The highest BCUT2D eigenvalue weighted by Gasteiger charge is 2.03. The number of hydrogen-bond donors (Lipinski definition) is 0. The highest BCUT2D eigenvalue weighted by molar-refractivity contribution is 6.29. The van der Waals surface area contributed by atoms with Gasteiger partial charge in [0, 0.05) is 5.56 Å². The molecule has 0 radical (unpaired) electrons. The maximum absolute atomic E-state index is 13.3. The molecule has 2 rings (SSSR count). The van der Waals surface area contributed by atoms with E-state index in [1.54, 1.807) is 31.2 Å². The van der Waals surface area contributed by atoms with E-state index in [0.29, 0.717) is 22.0 Å². The summed E-state index contributed by atoms with van der Waals surface area (Å²) < 4.78 is 13.3. The Kier molecular flexibility index (Phi) is 2.64. The van der Waals surface area contributed by atoms with Crippen molar-refractivity contribution in [3.05, 3.63) is 46.9 Å². The van der Waals surface area contributed by atoms with Gasteiger partial charge in [0.1, 0.15) is 5.82 Å². The maximum atomic E-state index is 13.3. The lowest BCUT2D eigenvalue weighted by molar-refractivity contribution is 0.619. The van der Waals surface area contributed by atoms with Crippen molar-refractivity contribution >= 4 is 11.6 Å². The minimum Gasteiger partial charge on any atom is -0.207 e. The fourth-order valence-electron chi connectivity index (χ4n) is 1.22. The molecule has 2 aromatic rings. The second kappa shape index (κ2) is 3.95. The van der Waals surface area contributed by atoms with Gasteiger partial charge < -0.3 is 0 Å². The van der Waals surface area contributed by atoms with Gasteiger partial charge in [-0.15, -0.1) is 10.2 Å².